The molecule has 3 N–H and O–H groups in total. The second kappa shape index (κ2) is 6.91. The fourth-order valence-corrected chi connectivity index (χ4v) is 1.01. The van der Waals surface area contributed by atoms with Crippen LogP contribution >= 0.6 is 0 Å². The lowest BCUT2D eigenvalue weighted by molar-refractivity contribution is 0.184. The molecule has 4 heteroatoms. The predicted octanol–water partition coefficient (Wildman–Crippen LogP) is 0.550. The van der Waals surface area contributed by atoms with Gasteiger partial charge in [0, 0.05) is 13.1 Å². The number of aliphatic hydroxyl groups excluding tert-OH is 1. The van der Waals surface area contributed by atoms with Crippen molar-refractivity contribution in [2.24, 2.45) is 5.73 Å². The van der Waals surface area contributed by atoms with E-state index in [2.05, 4.69) is 6.92 Å². The standard InChI is InChI=1S/C8H18N2O2/c1-2-3-4-5-10(6-7-11)8(9)12/h11H,2-7H2,1H3,(H2,9,12). The van der Waals surface area contributed by atoms with Gasteiger partial charge in [-0.15, -0.1) is 0 Å². The van der Waals surface area contributed by atoms with E-state index in [1.165, 1.54) is 4.90 Å². The highest BCUT2D eigenvalue weighted by molar-refractivity contribution is 5.71. The number of nitrogens with two attached hydrogens (primary N) is 1. The van der Waals surface area contributed by atoms with Gasteiger partial charge in [-0.25, -0.2) is 4.79 Å². The number of carbonyl (C=O) groups is 1. The van der Waals surface area contributed by atoms with Crippen molar-refractivity contribution in [2.75, 3.05) is 19.7 Å². The van der Waals surface area contributed by atoms with Crippen molar-refractivity contribution in [1.82, 2.24) is 4.90 Å². The third-order valence-corrected chi connectivity index (χ3v) is 1.71. The van der Waals surface area contributed by atoms with Crippen LogP contribution in [0.5, 0.6) is 0 Å². The van der Waals surface area contributed by atoms with E-state index >= 15 is 0 Å². The van der Waals surface area contributed by atoms with Crippen molar-refractivity contribution in [1.29, 1.82) is 0 Å². The topological polar surface area (TPSA) is 66.6 Å². The van der Waals surface area contributed by atoms with Crippen LogP contribution in [0.2, 0.25) is 0 Å². The highest BCUT2D eigenvalue weighted by Crippen LogP contribution is 1.97. The van der Waals surface area contributed by atoms with Crippen LogP contribution in [0.15, 0.2) is 0 Å². The average Bonchev–Trinajstić information content (AvgIpc) is 2.03. The summed E-state index contributed by atoms with van der Waals surface area (Å²) in [5.41, 5.74) is 5.08. The number of unbranched alkanes of at least 4 members (excludes halogenated alkanes) is 2. The molecule has 0 aliphatic rings. The molecule has 0 aromatic heterocycles. The summed E-state index contributed by atoms with van der Waals surface area (Å²) >= 11 is 0. The zero-order valence-electron chi connectivity index (χ0n) is 7.62. The fraction of sp³-hybridized carbons (Fsp3) is 0.875. The van der Waals surface area contributed by atoms with Crippen LogP contribution in [0.3, 0.4) is 0 Å². The van der Waals surface area contributed by atoms with Gasteiger partial charge in [-0.2, -0.15) is 0 Å². The lowest BCUT2D eigenvalue weighted by atomic mass is 10.2. The molecule has 0 aromatic rings. The average molecular weight is 174 g/mol. The zero-order chi connectivity index (χ0) is 9.40. The maximum atomic E-state index is 10.7. The molecule has 0 atom stereocenters. The summed E-state index contributed by atoms with van der Waals surface area (Å²) in [6.45, 7) is 3.08. The molecule has 12 heavy (non-hydrogen) atoms. The van der Waals surface area contributed by atoms with E-state index in [9.17, 15) is 4.79 Å². The largest absolute Gasteiger partial charge is 0.395 e. The maximum Gasteiger partial charge on any atom is 0.314 e. The van der Waals surface area contributed by atoms with Crippen LogP contribution in [0.25, 0.3) is 0 Å². The Hall–Kier alpha value is -0.770. The van der Waals surface area contributed by atoms with Crippen molar-refractivity contribution in [2.45, 2.75) is 26.2 Å². The van der Waals surface area contributed by atoms with Crippen molar-refractivity contribution in [3.8, 4) is 0 Å². The highest BCUT2D eigenvalue weighted by Gasteiger charge is 2.06. The Morgan fingerprint density at radius 2 is 2.08 bits per heavy atom. The minimum Gasteiger partial charge on any atom is -0.395 e. The number of hydrogen-bond acceptors (Lipinski definition) is 2. The first-order chi connectivity index (χ1) is 5.72. The van der Waals surface area contributed by atoms with E-state index in [-0.39, 0.29) is 6.61 Å². The molecule has 0 spiro atoms. The third-order valence-electron chi connectivity index (χ3n) is 1.71. The highest BCUT2D eigenvalue weighted by atomic mass is 16.3. The Morgan fingerprint density at radius 1 is 1.42 bits per heavy atom. The minimum atomic E-state index is -0.444. The van der Waals surface area contributed by atoms with Gasteiger partial charge in [-0.05, 0) is 6.42 Å². The molecule has 0 rings (SSSR count). The summed E-state index contributed by atoms with van der Waals surface area (Å²) in [5, 5.41) is 8.59. The zero-order valence-corrected chi connectivity index (χ0v) is 7.62. The van der Waals surface area contributed by atoms with Gasteiger partial charge < -0.3 is 15.7 Å². The van der Waals surface area contributed by atoms with Crippen LogP contribution in [-0.4, -0.2) is 35.7 Å². The van der Waals surface area contributed by atoms with Crippen LogP contribution in [-0.2, 0) is 0 Å². The molecule has 0 aliphatic carbocycles. The molecular weight excluding hydrogens is 156 g/mol. The van der Waals surface area contributed by atoms with Crippen LogP contribution in [0.1, 0.15) is 26.2 Å². The summed E-state index contributed by atoms with van der Waals surface area (Å²) in [4.78, 5) is 12.2. The second-order valence-corrected chi connectivity index (χ2v) is 2.76. The van der Waals surface area contributed by atoms with E-state index in [4.69, 9.17) is 10.8 Å². The molecule has 0 bridgehead atoms. The summed E-state index contributed by atoms with van der Waals surface area (Å²) in [5.74, 6) is 0. The molecular formula is C8H18N2O2. The van der Waals surface area contributed by atoms with Gasteiger partial charge in [-0.3, -0.25) is 0 Å². The third kappa shape index (κ3) is 4.96. The molecule has 0 fully saturated rings. The first kappa shape index (κ1) is 11.2. The van der Waals surface area contributed by atoms with Gasteiger partial charge in [0.1, 0.15) is 0 Å². The van der Waals surface area contributed by atoms with Gasteiger partial charge in [-0.1, -0.05) is 19.8 Å². The Bertz CT molecular complexity index is 128. The van der Waals surface area contributed by atoms with E-state index < -0.39 is 6.03 Å². The Labute approximate surface area is 73.3 Å². The second-order valence-electron chi connectivity index (χ2n) is 2.76. The number of nitrogens with zero attached hydrogens (tertiary/aromatic N) is 1. The number of rotatable bonds is 6. The van der Waals surface area contributed by atoms with Crippen molar-refractivity contribution < 1.29 is 9.90 Å². The molecule has 0 unspecified atom stereocenters. The van der Waals surface area contributed by atoms with Crippen molar-refractivity contribution in [3.05, 3.63) is 0 Å². The Morgan fingerprint density at radius 3 is 2.50 bits per heavy atom. The maximum absolute atomic E-state index is 10.7. The number of primary amides is 1. The van der Waals surface area contributed by atoms with E-state index in [1.807, 2.05) is 0 Å². The first-order valence-electron chi connectivity index (χ1n) is 4.37. The molecule has 0 aromatic carbocycles. The van der Waals surface area contributed by atoms with Gasteiger partial charge in [0.05, 0.1) is 6.61 Å². The minimum absolute atomic E-state index is 0.0188. The summed E-state index contributed by atoms with van der Waals surface area (Å²) < 4.78 is 0. The van der Waals surface area contributed by atoms with E-state index in [0.29, 0.717) is 13.1 Å². The SMILES string of the molecule is CCCCCN(CCO)C(N)=O. The van der Waals surface area contributed by atoms with Crippen molar-refractivity contribution >= 4 is 6.03 Å². The van der Waals surface area contributed by atoms with Gasteiger partial charge >= 0.3 is 6.03 Å². The lowest BCUT2D eigenvalue weighted by Crippen LogP contribution is -2.38. The molecule has 0 aliphatic heterocycles. The molecule has 0 heterocycles. The summed E-state index contributed by atoms with van der Waals surface area (Å²) in [7, 11) is 0. The number of aliphatic hydroxyl groups is 1. The number of amides is 2. The predicted molar refractivity (Wildman–Crippen MR) is 47.8 cm³/mol. The summed E-state index contributed by atoms with van der Waals surface area (Å²) in [6.07, 6.45) is 3.17. The number of hydrogen-bond donors (Lipinski definition) is 2. The van der Waals surface area contributed by atoms with E-state index in [0.717, 1.165) is 19.3 Å². The molecule has 72 valence electrons. The lowest BCUT2D eigenvalue weighted by Gasteiger charge is -2.18. The van der Waals surface area contributed by atoms with Crippen LogP contribution in [0.4, 0.5) is 4.79 Å². The molecule has 0 saturated heterocycles. The van der Waals surface area contributed by atoms with Crippen molar-refractivity contribution in [3.63, 3.8) is 0 Å². The van der Waals surface area contributed by atoms with Gasteiger partial charge in [0.15, 0.2) is 0 Å². The van der Waals surface area contributed by atoms with E-state index in [1.54, 1.807) is 0 Å². The monoisotopic (exact) mass is 174 g/mol. The quantitative estimate of drug-likeness (QED) is 0.577. The number of carbonyl (C=O) groups excluding carboxylic acids is 1. The Balaban J connectivity index is 3.56. The number of urea groups is 1. The Kier molecular flexibility index (Phi) is 6.47. The normalized spacial score (nSPS) is 9.83. The smallest absolute Gasteiger partial charge is 0.314 e. The van der Waals surface area contributed by atoms with Crippen LogP contribution < -0.4 is 5.73 Å². The molecule has 2 amide bonds. The molecule has 4 nitrogen and oxygen atoms in total. The first-order valence-corrected chi connectivity index (χ1v) is 4.37. The van der Waals surface area contributed by atoms with Gasteiger partial charge in [0.2, 0.25) is 0 Å². The molecule has 0 radical (unpaired) electrons. The van der Waals surface area contributed by atoms with Gasteiger partial charge in [0.25, 0.3) is 0 Å². The van der Waals surface area contributed by atoms with Crippen LogP contribution in [0, 0.1) is 0 Å². The molecule has 0 saturated carbocycles. The summed E-state index contributed by atoms with van der Waals surface area (Å²) in [6, 6.07) is -0.444. The fourth-order valence-electron chi connectivity index (χ4n) is 1.01.